The van der Waals surface area contributed by atoms with Crippen LogP contribution in [0.15, 0.2) is 0 Å². The Balaban J connectivity index is 2.39. The molecule has 0 spiro atoms. The molecule has 0 aromatic carbocycles. The molecule has 0 aliphatic heterocycles. The maximum absolute atomic E-state index is 5.52. The van der Waals surface area contributed by atoms with E-state index in [0.29, 0.717) is 12.1 Å². The summed E-state index contributed by atoms with van der Waals surface area (Å²) >= 11 is 0. The quantitative estimate of drug-likeness (QED) is 0.759. The van der Waals surface area contributed by atoms with Crippen LogP contribution < -0.4 is 5.32 Å². The molecule has 4 nitrogen and oxygen atoms in total. The highest BCUT2D eigenvalue weighted by molar-refractivity contribution is 5.27. The molecule has 1 aromatic rings. The Labute approximate surface area is 111 Å². The first-order valence-corrected chi connectivity index (χ1v) is 6.78. The Bertz CT molecular complexity index is 371. The summed E-state index contributed by atoms with van der Waals surface area (Å²) < 4.78 is 7.47. The predicted molar refractivity (Wildman–Crippen MR) is 74.8 cm³/mol. The lowest BCUT2D eigenvalue weighted by Crippen LogP contribution is -2.22. The molecule has 1 N–H and O–H groups in total. The topological polar surface area (TPSA) is 39.1 Å². The minimum Gasteiger partial charge on any atom is -0.379 e. The van der Waals surface area contributed by atoms with Gasteiger partial charge >= 0.3 is 0 Å². The minimum absolute atomic E-state index is 0.324. The van der Waals surface area contributed by atoms with E-state index >= 15 is 0 Å². The van der Waals surface area contributed by atoms with Crippen LogP contribution in [-0.4, -0.2) is 29.0 Å². The standard InChI is InChI=1S/C14H27N3O/c1-10(2)18-9-7-8-15-11(3)14-12(4)16-17(6)13(14)5/h10-11,15H,7-9H2,1-6H3. The molecule has 1 aromatic heterocycles. The Kier molecular flexibility index (Phi) is 5.82. The summed E-state index contributed by atoms with van der Waals surface area (Å²) in [6.45, 7) is 12.3. The second-order valence-corrected chi connectivity index (χ2v) is 5.16. The van der Waals surface area contributed by atoms with Crippen molar-refractivity contribution >= 4 is 0 Å². The molecular formula is C14H27N3O. The van der Waals surface area contributed by atoms with Gasteiger partial charge in [0.15, 0.2) is 0 Å². The normalized spacial score (nSPS) is 13.3. The predicted octanol–water partition coefficient (Wildman–Crippen LogP) is 2.50. The van der Waals surface area contributed by atoms with Crippen LogP contribution >= 0.6 is 0 Å². The van der Waals surface area contributed by atoms with Crippen LogP contribution in [0.4, 0.5) is 0 Å². The van der Waals surface area contributed by atoms with E-state index in [-0.39, 0.29) is 0 Å². The summed E-state index contributed by atoms with van der Waals surface area (Å²) in [6, 6.07) is 0.345. The molecule has 4 heteroatoms. The Morgan fingerprint density at radius 3 is 2.44 bits per heavy atom. The molecule has 0 aliphatic carbocycles. The number of aryl methyl sites for hydroxylation is 2. The third-order valence-corrected chi connectivity index (χ3v) is 3.22. The van der Waals surface area contributed by atoms with Gasteiger partial charge < -0.3 is 10.1 Å². The van der Waals surface area contributed by atoms with Gasteiger partial charge in [-0.25, -0.2) is 0 Å². The van der Waals surface area contributed by atoms with Crippen LogP contribution in [0, 0.1) is 13.8 Å². The third kappa shape index (κ3) is 4.10. The van der Waals surface area contributed by atoms with Crippen LogP contribution in [0.1, 0.15) is 50.2 Å². The monoisotopic (exact) mass is 253 g/mol. The molecule has 0 radical (unpaired) electrons. The van der Waals surface area contributed by atoms with Crippen molar-refractivity contribution in [2.45, 2.75) is 53.2 Å². The number of nitrogens with one attached hydrogen (secondary N) is 1. The fourth-order valence-corrected chi connectivity index (χ4v) is 2.23. The minimum atomic E-state index is 0.324. The lowest BCUT2D eigenvalue weighted by atomic mass is 10.1. The molecule has 0 aliphatic rings. The molecule has 0 bridgehead atoms. The van der Waals surface area contributed by atoms with E-state index in [1.54, 1.807) is 0 Å². The van der Waals surface area contributed by atoms with Crippen molar-refractivity contribution in [3.63, 3.8) is 0 Å². The van der Waals surface area contributed by atoms with Gasteiger partial charge in [0.2, 0.25) is 0 Å². The molecule has 1 heterocycles. The first kappa shape index (κ1) is 15.2. The van der Waals surface area contributed by atoms with Gasteiger partial charge in [0.1, 0.15) is 0 Å². The summed E-state index contributed by atoms with van der Waals surface area (Å²) in [6.07, 6.45) is 1.37. The molecule has 1 rings (SSSR count). The van der Waals surface area contributed by atoms with E-state index in [4.69, 9.17) is 4.74 Å². The van der Waals surface area contributed by atoms with E-state index in [2.05, 4.69) is 45.0 Å². The second kappa shape index (κ2) is 6.90. The summed E-state index contributed by atoms with van der Waals surface area (Å²) in [4.78, 5) is 0. The molecule has 104 valence electrons. The molecule has 0 fully saturated rings. The van der Waals surface area contributed by atoms with Crippen LogP contribution in [0.25, 0.3) is 0 Å². The van der Waals surface area contributed by atoms with E-state index in [9.17, 15) is 0 Å². The second-order valence-electron chi connectivity index (χ2n) is 5.16. The number of hydrogen-bond donors (Lipinski definition) is 1. The van der Waals surface area contributed by atoms with E-state index in [0.717, 1.165) is 25.3 Å². The van der Waals surface area contributed by atoms with Gasteiger partial charge in [-0.1, -0.05) is 0 Å². The van der Waals surface area contributed by atoms with Crippen molar-refractivity contribution < 1.29 is 4.74 Å². The zero-order valence-corrected chi connectivity index (χ0v) is 12.6. The SMILES string of the molecule is Cc1nn(C)c(C)c1C(C)NCCCOC(C)C. The van der Waals surface area contributed by atoms with Gasteiger partial charge in [-0.3, -0.25) is 4.68 Å². The first-order chi connectivity index (χ1) is 8.43. The average molecular weight is 253 g/mol. The zero-order chi connectivity index (χ0) is 13.7. The van der Waals surface area contributed by atoms with Crippen LogP contribution in [-0.2, 0) is 11.8 Å². The molecule has 1 atom stereocenters. The van der Waals surface area contributed by atoms with Crippen molar-refractivity contribution in [2.75, 3.05) is 13.2 Å². The fraction of sp³-hybridized carbons (Fsp3) is 0.786. The van der Waals surface area contributed by atoms with Gasteiger partial charge in [0.25, 0.3) is 0 Å². The Hall–Kier alpha value is -0.870. The highest BCUT2D eigenvalue weighted by atomic mass is 16.5. The Morgan fingerprint density at radius 2 is 1.94 bits per heavy atom. The number of nitrogens with zero attached hydrogens (tertiary/aromatic N) is 2. The van der Waals surface area contributed by atoms with Gasteiger partial charge in [0, 0.05) is 31.0 Å². The number of aromatic nitrogens is 2. The first-order valence-electron chi connectivity index (χ1n) is 6.78. The molecule has 0 saturated carbocycles. The van der Waals surface area contributed by atoms with Gasteiger partial charge in [-0.15, -0.1) is 0 Å². The van der Waals surface area contributed by atoms with Crippen molar-refractivity contribution in [3.8, 4) is 0 Å². The largest absolute Gasteiger partial charge is 0.379 e. The maximum Gasteiger partial charge on any atom is 0.0644 e. The van der Waals surface area contributed by atoms with Crippen molar-refractivity contribution in [1.29, 1.82) is 0 Å². The maximum atomic E-state index is 5.52. The highest BCUT2D eigenvalue weighted by Crippen LogP contribution is 2.20. The van der Waals surface area contributed by atoms with Gasteiger partial charge in [-0.05, 0) is 47.6 Å². The van der Waals surface area contributed by atoms with E-state index in [1.807, 2.05) is 11.7 Å². The molecule has 0 amide bonds. The molecular weight excluding hydrogens is 226 g/mol. The summed E-state index contributed by atoms with van der Waals surface area (Å²) in [5.74, 6) is 0. The number of ether oxygens (including phenoxy) is 1. The van der Waals surface area contributed by atoms with E-state index < -0.39 is 0 Å². The fourth-order valence-electron chi connectivity index (χ4n) is 2.23. The molecule has 0 saturated heterocycles. The van der Waals surface area contributed by atoms with Crippen LogP contribution in [0.5, 0.6) is 0 Å². The number of rotatable bonds is 7. The smallest absolute Gasteiger partial charge is 0.0644 e. The van der Waals surface area contributed by atoms with Gasteiger partial charge in [-0.2, -0.15) is 5.10 Å². The molecule has 18 heavy (non-hydrogen) atoms. The van der Waals surface area contributed by atoms with Crippen LogP contribution in [0.2, 0.25) is 0 Å². The lowest BCUT2D eigenvalue weighted by molar-refractivity contribution is 0.0768. The van der Waals surface area contributed by atoms with Crippen molar-refractivity contribution in [1.82, 2.24) is 15.1 Å². The summed E-state index contributed by atoms with van der Waals surface area (Å²) in [7, 11) is 2.00. The Morgan fingerprint density at radius 1 is 1.28 bits per heavy atom. The lowest BCUT2D eigenvalue weighted by Gasteiger charge is -2.15. The number of hydrogen-bond acceptors (Lipinski definition) is 3. The summed E-state index contributed by atoms with van der Waals surface area (Å²) in [5.41, 5.74) is 3.68. The van der Waals surface area contributed by atoms with Gasteiger partial charge in [0.05, 0.1) is 11.8 Å². The molecule has 1 unspecified atom stereocenters. The third-order valence-electron chi connectivity index (χ3n) is 3.22. The summed E-state index contributed by atoms with van der Waals surface area (Å²) in [5, 5.41) is 7.99. The highest BCUT2D eigenvalue weighted by Gasteiger charge is 2.15. The average Bonchev–Trinajstić information content (AvgIpc) is 2.52. The zero-order valence-electron chi connectivity index (χ0n) is 12.6. The van der Waals surface area contributed by atoms with Crippen molar-refractivity contribution in [2.24, 2.45) is 7.05 Å². The van der Waals surface area contributed by atoms with E-state index in [1.165, 1.54) is 11.3 Å². The van der Waals surface area contributed by atoms with Crippen LogP contribution in [0.3, 0.4) is 0 Å². The van der Waals surface area contributed by atoms with Crippen molar-refractivity contribution in [3.05, 3.63) is 17.0 Å².